The second kappa shape index (κ2) is 21.3. The Bertz CT molecular complexity index is 3320. The van der Waals surface area contributed by atoms with E-state index >= 15 is 4.39 Å². The van der Waals surface area contributed by atoms with Gasteiger partial charge >= 0.3 is 29.6 Å². The lowest BCUT2D eigenvalue weighted by atomic mass is 9.77. The van der Waals surface area contributed by atoms with Crippen LogP contribution >= 0.6 is 0 Å². The molecule has 0 saturated heterocycles. The summed E-state index contributed by atoms with van der Waals surface area (Å²) in [4.78, 5) is 69.5. The predicted octanol–water partition coefficient (Wildman–Crippen LogP) is 9.72. The maximum absolute atomic E-state index is 15.4. The topological polar surface area (TPSA) is 193 Å². The van der Waals surface area contributed by atoms with Gasteiger partial charge in [0.2, 0.25) is 0 Å². The highest BCUT2D eigenvalue weighted by Gasteiger charge is 2.54. The van der Waals surface area contributed by atoms with Gasteiger partial charge in [-0.2, -0.15) is 4.57 Å². The molecular weight excluding hydrogens is 960 g/mol. The van der Waals surface area contributed by atoms with E-state index in [1.807, 2.05) is 30.3 Å². The molecule has 15 nitrogen and oxygen atoms in total. The number of anilines is 1. The number of carbonyl (C=O) groups excluding carboxylic acids is 5. The summed E-state index contributed by atoms with van der Waals surface area (Å²) < 4.78 is 45.9. The zero-order valence-electron chi connectivity index (χ0n) is 41.2. The van der Waals surface area contributed by atoms with Gasteiger partial charge in [0.15, 0.2) is 23.2 Å². The minimum absolute atomic E-state index is 0.130. The molecule has 16 heteroatoms. The number of phenols is 1. The van der Waals surface area contributed by atoms with Crippen molar-refractivity contribution in [2.24, 2.45) is 0 Å². The van der Waals surface area contributed by atoms with E-state index in [2.05, 4.69) is 10.6 Å². The Morgan fingerprint density at radius 3 is 2.12 bits per heavy atom. The third-order valence-corrected chi connectivity index (χ3v) is 13.3. The lowest BCUT2D eigenvalue weighted by Crippen LogP contribution is -2.44. The average Bonchev–Trinajstić information content (AvgIpc) is 3.86. The van der Waals surface area contributed by atoms with Crippen LogP contribution in [0.1, 0.15) is 111 Å². The van der Waals surface area contributed by atoms with Gasteiger partial charge in [-0.15, -0.1) is 0 Å². The Labute approximate surface area is 431 Å². The molecule has 7 aromatic rings. The van der Waals surface area contributed by atoms with E-state index in [-0.39, 0.29) is 58.3 Å². The molecule has 380 valence electrons. The summed E-state index contributed by atoms with van der Waals surface area (Å²) in [5, 5.41) is 16.2. The van der Waals surface area contributed by atoms with Crippen LogP contribution in [0.25, 0.3) is 11.3 Å². The minimum Gasteiger partial charge on any atom is -0.508 e. The number of phenolic OH excluding ortho intramolecular Hbond substituents is 1. The number of aromatic hydroxyl groups is 1. The molecule has 1 atom stereocenters. The van der Waals surface area contributed by atoms with Gasteiger partial charge in [-0.05, 0) is 103 Å². The number of carbonyl (C=O) groups is 5. The molecule has 4 heterocycles. The number of fused-ring (bicyclic) bond motifs is 7. The smallest absolute Gasteiger partial charge is 0.359 e. The summed E-state index contributed by atoms with van der Waals surface area (Å²) >= 11 is 0. The molecule has 1 unspecified atom stereocenters. The Kier molecular flexibility index (Phi) is 14.1. The number of hydrogen-bond acceptors (Lipinski definition) is 13. The van der Waals surface area contributed by atoms with Gasteiger partial charge in [0, 0.05) is 73.2 Å². The lowest BCUT2D eigenvalue weighted by molar-refractivity contribution is -0.552. The third kappa shape index (κ3) is 10.5. The second-order valence-corrected chi connectivity index (χ2v) is 18.7. The summed E-state index contributed by atoms with van der Waals surface area (Å²) in [6, 6.07) is 34.9. The summed E-state index contributed by atoms with van der Waals surface area (Å²) in [5.74, 6) is -0.935. The van der Waals surface area contributed by atoms with Gasteiger partial charge in [0.05, 0.1) is 12.2 Å². The zero-order chi connectivity index (χ0) is 52.2. The minimum atomic E-state index is -1.54. The fourth-order valence-corrected chi connectivity index (χ4v) is 9.82. The van der Waals surface area contributed by atoms with E-state index in [9.17, 15) is 29.1 Å². The summed E-state index contributed by atoms with van der Waals surface area (Å²) in [7, 11) is 0. The van der Waals surface area contributed by atoms with Crippen LogP contribution in [0.2, 0.25) is 0 Å². The largest absolute Gasteiger partial charge is 0.508 e. The van der Waals surface area contributed by atoms with Gasteiger partial charge in [0.25, 0.3) is 5.91 Å². The first-order chi connectivity index (χ1) is 36.3. The van der Waals surface area contributed by atoms with Gasteiger partial charge in [0.1, 0.15) is 46.3 Å². The van der Waals surface area contributed by atoms with Crippen LogP contribution in [0.4, 0.5) is 10.2 Å². The second-order valence-electron chi connectivity index (χ2n) is 18.7. The van der Waals surface area contributed by atoms with Crippen LogP contribution in [0.15, 0.2) is 134 Å². The number of hydrogen-bond donors (Lipinski definition) is 3. The first-order valence-corrected chi connectivity index (χ1v) is 24.8. The van der Waals surface area contributed by atoms with Crippen molar-refractivity contribution in [3.63, 3.8) is 0 Å². The molecule has 10 rings (SSSR count). The molecule has 0 aliphatic carbocycles. The predicted molar refractivity (Wildman–Crippen MR) is 272 cm³/mol. The number of nitrogens with one attached hydrogen (secondary N) is 2. The normalized spacial score (nSPS) is 14.4. The van der Waals surface area contributed by atoms with E-state index in [0.717, 1.165) is 49.7 Å². The molecule has 0 radical (unpaired) electrons. The molecule has 3 aliphatic rings. The molecule has 3 N–H and O–H groups in total. The molecule has 0 bridgehead atoms. The standard InChI is InChI=1S/C59H51FN4O11/c1-35(65)72-42-20-23-45-53(32-42)74-54-33-43(73-36(2)66)21-24-46(54)59(45)47-31-40(17-22-44(47)58(70)75-59)56(68)61-26-10-5-3-4-6-11-27-71-52-25-14-38(28-48(52)60)30-50-57(69)64-34-51(39-15-18-41(67)19-16-39)62-49(55(64)63-50)29-37-12-8-7-9-13-37/h7-9,12-25,28,31-34,50H,3-6,10-11,26-27,29-30H2,1-2H3,(H2,61,67,68)/p+1. The Hall–Kier alpha value is -8.92. The van der Waals surface area contributed by atoms with Crippen LogP contribution in [-0.4, -0.2) is 59.0 Å². The summed E-state index contributed by atoms with van der Waals surface area (Å²) in [5.41, 5.74) is 4.05. The number of benzene rings is 6. The Balaban J connectivity index is 0.693. The van der Waals surface area contributed by atoms with Gasteiger partial charge in [-0.3, -0.25) is 19.7 Å². The Morgan fingerprint density at radius 2 is 1.44 bits per heavy atom. The van der Waals surface area contributed by atoms with Crippen LogP contribution in [0.3, 0.4) is 0 Å². The molecular formula is C59H52FN4O11+. The van der Waals surface area contributed by atoms with Crippen molar-refractivity contribution in [3.05, 3.63) is 184 Å². The molecule has 6 aromatic carbocycles. The Morgan fingerprint density at radius 1 is 0.760 bits per heavy atom. The fourth-order valence-electron chi connectivity index (χ4n) is 9.82. The number of amides is 1. The molecule has 0 saturated carbocycles. The van der Waals surface area contributed by atoms with Crippen molar-refractivity contribution in [1.82, 2.24) is 10.3 Å². The van der Waals surface area contributed by atoms with E-state index in [1.165, 1.54) is 32.0 Å². The van der Waals surface area contributed by atoms with Crippen molar-refractivity contribution < 1.29 is 61.7 Å². The number of aromatic nitrogens is 2. The molecule has 0 fully saturated rings. The number of ether oxygens (including phenoxy) is 5. The molecule has 1 spiro atoms. The number of halogens is 1. The van der Waals surface area contributed by atoms with E-state index in [4.69, 9.17) is 28.7 Å². The quantitative estimate of drug-likeness (QED) is 0.0319. The van der Waals surface area contributed by atoms with Gasteiger partial charge < -0.3 is 34.1 Å². The highest BCUT2D eigenvalue weighted by atomic mass is 19.1. The van der Waals surface area contributed by atoms with E-state index in [0.29, 0.717) is 64.6 Å². The highest BCUT2D eigenvalue weighted by molar-refractivity contribution is 6.00. The van der Waals surface area contributed by atoms with Crippen molar-refractivity contribution in [2.45, 2.75) is 76.9 Å². The van der Waals surface area contributed by atoms with Crippen molar-refractivity contribution in [2.75, 3.05) is 18.5 Å². The van der Waals surface area contributed by atoms with Gasteiger partial charge in [-0.25, -0.2) is 19.0 Å². The van der Waals surface area contributed by atoms with Crippen molar-refractivity contribution >= 4 is 35.5 Å². The maximum Gasteiger partial charge on any atom is 0.359 e. The highest BCUT2D eigenvalue weighted by Crippen LogP contribution is 2.57. The third-order valence-electron chi connectivity index (χ3n) is 13.3. The summed E-state index contributed by atoms with van der Waals surface area (Å²) in [6.07, 6.45) is 7.51. The zero-order valence-corrected chi connectivity index (χ0v) is 41.2. The van der Waals surface area contributed by atoms with Crippen LogP contribution in [0, 0.1) is 5.82 Å². The number of esters is 3. The van der Waals surface area contributed by atoms with E-state index in [1.54, 1.807) is 89.6 Å². The number of unbranched alkanes of at least 4 members (excludes halogenated alkanes) is 5. The number of nitrogens with zero attached hydrogens (tertiary/aromatic N) is 2. The average molecular weight is 1010 g/mol. The SMILES string of the molecule is CC(=O)Oc1ccc2c(c1)Oc1cc(OC(C)=O)ccc1C21OC(=O)c2ccc(C(=O)NCCCCCCCCOc3ccc(CC4Nc5c(Cc6ccccc6)nc(-c6ccc(O)cc6)c[n+]5C4=O)cc3F)cc21. The van der Waals surface area contributed by atoms with Crippen LogP contribution in [0.5, 0.6) is 34.5 Å². The first kappa shape index (κ1) is 49.6. The maximum atomic E-state index is 15.4. The van der Waals surface area contributed by atoms with Crippen LogP contribution < -0.4 is 34.1 Å². The van der Waals surface area contributed by atoms with E-state index < -0.39 is 35.4 Å². The van der Waals surface area contributed by atoms with Crippen molar-refractivity contribution in [3.8, 4) is 45.8 Å². The molecule has 1 aromatic heterocycles. The summed E-state index contributed by atoms with van der Waals surface area (Å²) in [6.45, 7) is 3.32. The molecule has 3 aliphatic heterocycles. The molecule has 1 amide bonds. The molecule has 75 heavy (non-hydrogen) atoms. The monoisotopic (exact) mass is 1010 g/mol. The van der Waals surface area contributed by atoms with Gasteiger partial charge in [-0.1, -0.05) is 62.1 Å². The first-order valence-electron chi connectivity index (χ1n) is 24.8. The van der Waals surface area contributed by atoms with Crippen molar-refractivity contribution in [1.29, 1.82) is 0 Å². The fraction of sp³-hybridized carbons (Fsp3) is 0.237. The number of rotatable bonds is 18. The lowest BCUT2D eigenvalue weighted by Gasteiger charge is -2.36. The van der Waals surface area contributed by atoms with Crippen LogP contribution in [-0.2, 0) is 32.8 Å².